The fraction of sp³-hybridized carbons (Fsp3) is 0.932. The van der Waals surface area contributed by atoms with Crippen molar-refractivity contribution in [1.82, 2.24) is 0 Å². The first-order valence-electron chi connectivity index (χ1n) is 21.2. The van der Waals surface area contributed by atoms with E-state index >= 15 is 0 Å². The highest BCUT2D eigenvalue weighted by molar-refractivity contribution is 5.56. The van der Waals surface area contributed by atoms with Gasteiger partial charge in [0.1, 0.15) is 0 Å². The summed E-state index contributed by atoms with van der Waals surface area (Å²) in [7, 11) is 0. The second kappa shape index (κ2) is 19.4. The molecular formula is C44H78O3. The Morgan fingerprint density at radius 2 is 1.38 bits per heavy atom. The van der Waals surface area contributed by atoms with Gasteiger partial charge in [-0.25, -0.2) is 4.79 Å². The molecule has 8 atom stereocenters. The van der Waals surface area contributed by atoms with Gasteiger partial charge in [-0.2, -0.15) is 0 Å². The lowest BCUT2D eigenvalue weighted by Crippen LogP contribution is -2.50. The number of ether oxygens (including phenoxy) is 1. The summed E-state index contributed by atoms with van der Waals surface area (Å²) in [4.78, 5) is 10.3. The molecule has 0 amide bonds. The van der Waals surface area contributed by atoms with E-state index in [4.69, 9.17) is 5.11 Å². The molecule has 0 spiro atoms. The second-order valence-electron chi connectivity index (χ2n) is 18.3. The van der Waals surface area contributed by atoms with E-state index in [1.807, 2.05) is 5.57 Å². The molecule has 4 rings (SSSR count). The monoisotopic (exact) mass is 655 g/mol. The first kappa shape index (κ1) is 38.8. The largest absolute Gasteiger partial charge is 0.505 e. The number of allylic oxidation sites excluding steroid dienone is 2. The smallest absolute Gasteiger partial charge is 0.450 e. The van der Waals surface area contributed by atoms with E-state index in [1.54, 1.807) is 0 Å². The van der Waals surface area contributed by atoms with Gasteiger partial charge in [0.2, 0.25) is 0 Å². The van der Waals surface area contributed by atoms with Crippen molar-refractivity contribution < 1.29 is 14.6 Å². The predicted molar refractivity (Wildman–Crippen MR) is 200 cm³/mol. The van der Waals surface area contributed by atoms with E-state index < -0.39 is 6.16 Å². The summed E-state index contributed by atoms with van der Waals surface area (Å²) in [6, 6.07) is 0. The Hall–Kier alpha value is -0.990. The van der Waals surface area contributed by atoms with Crippen LogP contribution >= 0.6 is 0 Å². The Balaban J connectivity index is 1.06. The molecule has 3 fully saturated rings. The van der Waals surface area contributed by atoms with Crippen molar-refractivity contribution in [2.75, 3.05) is 6.61 Å². The highest BCUT2D eigenvalue weighted by atomic mass is 16.7. The molecule has 3 saturated carbocycles. The molecule has 0 saturated heterocycles. The maximum Gasteiger partial charge on any atom is 0.505 e. The molecule has 4 aliphatic rings. The van der Waals surface area contributed by atoms with Crippen molar-refractivity contribution in [1.29, 1.82) is 0 Å². The first-order valence-corrected chi connectivity index (χ1v) is 21.2. The summed E-state index contributed by atoms with van der Waals surface area (Å²) in [6.45, 7) is 13.2. The molecule has 47 heavy (non-hydrogen) atoms. The molecular weight excluding hydrogens is 576 g/mol. The second-order valence-corrected chi connectivity index (χ2v) is 18.3. The minimum atomic E-state index is -1.15. The SMILES string of the molecule is CC(C)CCC[C@@H](C)[C@H]1CCC2C3CC=C4CC(CCCCCCCCCCCCCCCCOC(=O)O)CC[C@]4(C)C3CC[C@@]21C. The zero-order chi connectivity index (χ0) is 33.7. The maximum absolute atomic E-state index is 10.3. The third-order valence-corrected chi connectivity index (χ3v) is 14.6. The molecule has 0 radical (unpaired) electrons. The Labute approximate surface area is 292 Å². The lowest BCUT2D eigenvalue weighted by atomic mass is 9.46. The van der Waals surface area contributed by atoms with Gasteiger partial charge < -0.3 is 9.84 Å². The highest BCUT2D eigenvalue weighted by Gasteiger charge is 2.59. The van der Waals surface area contributed by atoms with Gasteiger partial charge >= 0.3 is 6.16 Å². The molecule has 3 heteroatoms. The average Bonchev–Trinajstić information content (AvgIpc) is 3.39. The molecule has 0 aliphatic heterocycles. The van der Waals surface area contributed by atoms with Crippen LogP contribution in [0, 0.1) is 52.3 Å². The van der Waals surface area contributed by atoms with Gasteiger partial charge in [0.15, 0.2) is 0 Å². The number of rotatable bonds is 22. The van der Waals surface area contributed by atoms with E-state index in [-0.39, 0.29) is 0 Å². The Kier molecular flexibility index (Phi) is 16.0. The van der Waals surface area contributed by atoms with Crippen LogP contribution in [0.2, 0.25) is 0 Å². The van der Waals surface area contributed by atoms with Gasteiger partial charge in [-0.15, -0.1) is 0 Å². The molecule has 1 N–H and O–H groups in total. The summed E-state index contributed by atoms with van der Waals surface area (Å²) < 4.78 is 4.56. The van der Waals surface area contributed by atoms with Crippen LogP contribution in [-0.2, 0) is 4.74 Å². The van der Waals surface area contributed by atoms with Gasteiger partial charge in [0.25, 0.3) is 0 Å². The van der Waals surface area contributed by atoms with Crippen LogP contribution in [0.1, 0.15) is 202 Å². The summed E-state index contributed by atoms with van der Waals surface area (Å²) in [5.74, 6) is 6.63. The molecule has 4 unspecified atom stereocenters. The van der Waals surface area contributed by atoms with Crippen LogP contribution in [0.4, 0.5) is 4.79 Å². The quantitative estimate of drug-likeness (QED) is 0.0718. The lowest BCUT2D eigenvalue weighted by Gasteiger charge is -2.58. The topological polar surface area (TPSA) is 46.5 Å². The first-order chi connectivity index (χ1) is 22.6. The van der Waals surface area contributed by atoms with Crippen LogP contribution < -0.4 is 0 Å². The maximum atomic E-state index is 10.3. The summed E-state index contributed by atoms with van der Waals surface area (Å²) in [5, 5.41) is 8.48. The summed E-state index contributed by atoms with van der Waals surface area (Å²) in [6.07, 6.45) is 37.9. The van der Waals surface area contributed by atoms with Gasteiger partial charge in [-0.05, 0) is 110 Å². The van der Waals surface area contributed by atoms with Gasteiger partial charge in [-0.1, -0.05) is 155 Å². The van der Waals surface area contributed by atoms with E-state index in [1.165, 1.54) is 154 Å². The van der Waals surface area contributed by atoms with Crippen molar-refractivity contribution in [3.05, 3.63) is 11.6 Å². The van der Waals surface area contributed by atoms with Gasteiger partial charge in [0, 0.05) is 0 Å². The van der Waals surface area contributed by atoms with Crippen molar-refractivity contribution >= 4 is 6.16 Å². The molecule has 3 nitrogen and oxygen atoms in total. The minimum Gasteiger partial charge on any atom is -0.450 e. The molecule has 0 aromatic carbocycles. The number of carbonyl (C=O) groups is 1. The average molecular weight is 655 g/mol. The van der Waals surface area contributed by atoms with Crippen molar-refractivity contribution in [2.45, 2.75) is 202 Å². The Morgan fingerprint density at radius 3 is 2.00 bits per heavy atom. The summed E-state index contributed by atoms with van der Waals surface area (Å²) in [5.41, 5.74) is 3.03. The lowest BCUT2D eigenvalue weighted by molar-refractivity contribution is -0.0529. The normalized spacial score (nSPS) is 32.4. The van der Waals surface area contributed by atoms with E-state index in [2.05, 4.69) is 45.4 Å². The highest BCUT2D eigenvalue weighted by Crippen LogP contribution is 2.67. The number of carboxylic acid groups (broad SMARTS) is 1. The van der Waals surface area contributed by atoms with Crippen molar-refractivity contribution in [2.24, 2.45) is 52.3 Å². The minimum absolute atomic E-state index is 0.354. The molecule has 0 aromatic rings. The van der Waals surface area contributed by atoms with Crippen molar-refractivity contribution in [3.63, 3.8) is 0 Å². The Bertz CT molecular complexity index is 938. The predicted octanol–water partition coefficient (Wildman–Crippen LogP) is 14.2. The van der Waals surface area contributed by atoms with E-state index in [0.29, 0.717) is 17.4 Å². The molecule has 0 bridgehead atoms. The van der Waals surface area contributed by atoms with E-state index in [9.17, 15) is 4.79 Å². The number of hydrogen-bond acceptors (Lipinski definition) is 2. The zero-order valence-electron chi connectivity index (χ0n) is 32.0. The molecule has 4 aliphatic carbocycles. The van der Waals surface area contributed by atoms with Gasteiger partial charge in [0.05, 0.1) is 6.61 Å². The standard InChI is InChI=1S/C44H78O3/c1-34(2)21-20-22-35(3)39-26-27-40-38-25-24-37-33-36(28-30-43(37,4)41(38)29-31-44(39,40)5)23-18-16-14-12-10-8-6-7-9-11-13-15-17-19-32-47-42(45)46/h24,34-36,38-41H,6-23,25-33H2,1-5H3,(H,45,46)/t35-,36?,38?,39-,40?,41?,43+,44-/m1/s1. The number of unbranched alkanes of at least 4 members (excludes halogenated alkanes) is 13. The van der Waals surface area contributed by atoms with Crippen LogP contribution in [-0.4, -0.2) is 17.9 Å². The zero-order valence-corrected chi connectivity index (χ0v) is 32.0. The van der Waals surface area contributed by atoms with Gasteiger partial charge in [-0.3, -0.25) is 0 Å². The molecule has 0 heterocycles. The fourth-order valence-electron chi connectivity index (χ4n) is 11.8. The Morgan fingerprint density at radius 1 is 0.766 bits per heavy atom. The fourth-order valence-corrected chi connectivity index (χ4v) is 11.8. The van der Waals surface area contributed by atoms with Crippen LogP contribution in [0.3, 0.4) is 0 Å². The molecule has 0 aromatic heterocycles. The number of hydrogen-bond donors (Lipinski definition) is 1. The summed E-state index contributed by atoms with van der Waals surface area (Å²) >= 11 is 0. The third-order valence-electron chi connectivity index (χ3n) is 14.6. The number of fused-ring (bicyclic) bond motifs is 5. The van der Waals surface area contributed by atoms with Crippen molar-refractivity contribution in [3.8, 4) is 0 Å². The van der Waals surface area contributed by atoms with Crippen LogP contribution in [0.5, 0.6) is 0 Å². The van der Waals surface area contributed by atoms with E-state index in [0.717, 1.165) is 54.3 Å². The third kappa shape index (κ3) is 11.0. The molecule has 272 valence electrons. The van der Waals surface area contributed by atoms with Crippen LogP contribution in [0.25, 0.3) is 0 Å². The van der Waals surface area contributed by atoms with Crippen LogP contribution in [0.15, 0.2) is 11.6 Å².